The summed E-state index contributed by atoms with van der Waals surface area (Å²) in [5, 5.41) is 23.9. The van der Waals surface area contributed by atoms with Gasteiger partial charge in [0, 0.05) is 17.7 Å². The summed E-state index contributed by atoms with van der Waals surface area (Å²) in [4.78, 5) is 14.1. The Bertz CT molecular complexity index is 548. The quantitative estimate of drug-likeness (QED) is 0.648. The van der Waals surface area contributed by atoms with E-state index in [4.69, 9.17) is 0 Å². The summed E-state index contributed by atoms with van der Waals surface area (Å²) in [6, 6.07) is 6.01. The standard InChI is InChI=1S/C11H12N4O3/c1-8(16)6-14-7-12-11(13-14)9-2-4-10(5-3-9)15(17)18/h2-5,7-8,16H,6H2,1H3. The summed E-state index contributed by atoms with van der Waals surface area (Å²) < 4.78 is 1.53. The largest absolute Gasteiger partial charge is 0.391 e. The van der Waals surface area contributed by atoms with Crippen LogP contribution in [0.25, 0.3) is 11.4 Å². The summed E-state index contributed by atoms with van der Waals surface area (Å²) in [6.07, 6.45) is 1.01. The van der Waals surface area contributed by atoms with E-state index < -0.39 is 11.0 Å². The lowest BCUT2D eigenvalue weighted by molar-refractivity contribution is -0.384. The summed E-state index contributed by atoms with van der Waals surface area (Å²) in [6.45, 7) is 2.02. The zero-order valence-electron chi connectivity index (χ0n) is 9.72. The third kappa shape index (κ3) is 2.69. The van der Waals surface area contributed by atoms with Crippen LogP contribution in [0.2, 0.25) is 0 Å². The Balaban J connectivity index is 2.20. The molecule has 0 aliphatic heterocycles. The molecule has 0 bridgehead atoms. The SMILES string of the molecule is CC(O)Cn1cnc(-c2ccc([N+](=O)[O-])cc2)n1. The van der Waals surface area contributed by atoms with Gasteiger partial charge in [-0.15, -0.1) is 0 Å². The van der Waals surface area contributed by atoms with Crippen LogP contribution in [0.15, 0.2) is 30.6 Å². The van der Waals surface area contributed by atoms with Crippen molar-refractivity contribution in [1.29, 1.82) is 0 Å². The van der Waals surface area contributed by atoms with Crippen molar-refractivity contribution in [3.8, 4) is 11.4 Å². The summed E-state index contributed by atoms with van der Waals surface area (Å²) >= 11 is 0. The maximum atomic E-state index is 10.5. The maximum absolute atomic E-state index is 10.5. The maximum Gasteiger partial charge on any atom is 0.269 e. The molecule has 0 fully saturated rings. The minimum absolute atomic E-state index is 0.0298. The lowest BCUT2D eigenvalue weighted by Crippen LogP contribution is -2.11. The average molecular weight is 248 g/mol. The molecule has 94 valence electrons. The van der Waals surface area contributed by atoms with Gasteiger partial charge in [0.05, 0.1) is 17.6 Å². The Kier molecular flexibility index (Phi) is 3.33. The van der Waals surface area contributed by atoms with Gasteiger partial charge in [-0.2, -0.15) is 5.10 Å². The first-order chi connectivity index (χ1) is 8.56. The van der Waals surface area contributed by atoms with Crippen molar-refractivity contribution in [2.75, 3.05) is 0 Å². The molecule has 2 rings (SSSR count). The fraction of sp³-hybridized carbons (Fsp3) is 0.273. The van der Waals surface area contributed by atoms with Crippen molar-refractivity contribution >= 4 is 5.69 Å². The van der Waals surface area contributed by atoms with E-state index in [9.17, 15) is 15.2 Å². The third-order valence-corrected chi connectivity index (χ3v) is 2.32. The summed E-state index contributed by atoms with van der Waals surface area (Å²) in [5.74, 6) is 0.477. The number of benzene rings is 1. The monoisotopic (exact) mass is 248 g/mol. The molecule has 0 aliphatic carbocycles. The predicted octanol–water partition coefficient (Wildman–Crippen LogP) is 1.23. The van der Waals surface area contributed by atoms with Gasteiger partial charge in [-0.05, 0) is 19.1 Å². The van der Waals surface area contributed by atoms with Crippen LogP contribution in [-0.2, 0) is 6.54 Å². The molecule has 2 aromatic rings. The minimum atomic E-state index is -0.503. The van der Waals surface area contributed by atoms with Crippen LogP contribution >= 0.6 is 0 Å². The highest BCUT2D eigenvalue weighted by Crippen LogP contribution is 2.18. The van der Waals surface area contributed by atoms with Crippen molar-refractivity contribution in [2.45, 2.75) is 19.6 Å². The second-order valence-corrected chi connectivity index (χ2v) is 3.94. The highest BCUT2D eigenvalue weighted by molar-refractivity contribution is 5.56. The number of aromatic nitrogens is 3. The van der Waals surface area contributed by atoms with Crippen molar-refractivity contribution in [1.82, 2.24) is 14.8 Å². The molecule has 7 nitrogen and oxygen atoms in total. The van der Waals surface area contributed by atoms with E-state index in [0.717, 1.165) is 0 Å². The minimum Gasteiger partial charge on any atom is -0.391 e. The van der Waals surface area contributed by atoms with Gasteiger partial charge < -0.3 is 5.11 Å². The van der Waals surface area contributed by atoms with Crippen LogP contribution in [0.4, 0.5) is 5.69 Å². The number of aliphatic hydroxyl groups excluding tert-OH is 1. The van der Waals surface area contributed by atoms with Crippen LogP contribution in [0.1, 0.15) is 6.92 Å². The van der Waals surface area contributed by atoms with Crippen LogP contribution < -0.4 is 0 Å². The predicted molar refractivity (Wildman–Crippen MR) is 63.8 cm³/mol. The van der Waals surface area contributed by atoms with E-state index in [1.165, 1.54) is 23.1 Å². The van der Waals surface area contributed by atoms with E-state index in [2.05, 4.69) is 10.1 Å². The fourth-order valence-corrected chi connectivity index (χ4v) is 1.52. The number of rotatable bonds is 4. The topological polar surface area (TPSA) is 94.1 Å². The van der Waals surface area contributed by atoms with E-state index in [0.29, 0.717) is 17.9 Å². The van der Waals surface area contributed by atoms with Crippen LogP contribution in [0, 0.1) is 10.1 Å². The fourth-order valence-electron chi connectivity index (χ4n) is 1.52. The Morgan fingerprint density at radius 2 is 2.11 bits per heavy atom. The normalized spacial score (nSPS) is 12.3. The van der Waals surface area contributed by atoms with Gasteiger partial charge in [-0.1, -0.05) is 0 Å². The molecule has 0 saturated carbocycles. The number of hydrogen-bond acceptors (Lipinski definition) is 5. The number of nitro groups is 1. The molecule has 1 unspecified atom stereocenters. The molecular weight excluding hydrogens is 236 g/mol. The first-order valence-corrected chi connectivity index (χ1v) is 5.38. The summed E-state index contributed by atoms with van der Waals surface area (Å²) in [7, 11) is 0. The van der Waals surface area contributed by atoms with Gasteiger partial charge in [0.1, 0.15) is 6.33 Å². The molecule has 0 radical (unpaired) electrons. The smallest absolute Gasteiger partial charge is 0.269 e. The van der Waals surface area contributed by atoms with Gasteiger partial charge in [0.2, 0.25) is 0 Å². The molecular formula is C11H12N4O3. The van der Waals surface area contributed by atoms with Crippen LogP contribution in [-0.4, -0.2) is 30.9 Å². The molecule has 1 N–H and O–H groups in total. The molecule has 0 spiro atoms. The first kappa shape index (κ1) is 12.2. The molecule has 1 heterocycles. The van der Waals surface area contributed by atoms with Crippen LogP contribution in [0.5, 0.6) is 0 Å². The highest BCUT2D eigenvalue weighted by atomic mass is 16.6. The van der Waals surface area contributed by atoms with Gasteiger partial charge >= 0.3 is 0 Å². The molecule has 18 heavy (non-hydrogen) atoms. The number of aliphatic hydroxyl groups is 1. The van der Waals surface area contributed by atoms with Crippen molar-refractivity contribution in [2.24, 2.45) is 0 Å². The van der Waals surface area contributed by atoms with E-state index in [1.807, 2.05) is 0 Å². The number of hydrogen-bond donors (Lipinski definition) is 1. The number of nitro benzene ring substituents is 1. The van der Waals surface area contributed by atoms with E-state index >= 15 is 0 Å². The lowest BCUT2D eigenvalue weighted by Gasteiger charge is -2.01. The lowest BCUT2D eigenvalue weighted by atomic mass is 10.2. The van der Waals surface area contributed by atoms with Crippen molar-refractivity contribution < 1.29 is 10.0 Å². The van der Waals surface area contributed by atoms with Gasteiger partial charge in [0.25, 0.3) is 5.69 Å². The van der Waals surface area contributed by atoms with Crippen LogP contribution in [0.3, 0.4) is 0 Å². The van der Waals surface area contributed by atoms with E-state index in [1.54, 1.807) is 19.1 Å². The average Bonchev–Trinajstić information content (AvgIpc) is 2.76. The second-order valence-electron chi connectivity index (χ2n) is 3.94. The number of nitrogens with zero attached hydrogens (tertiary/aromatic N) is 4. The molecule has 0 saturated heterocycles. The van der Waals surface area contributed by atoms with Gasteiger partial charge in [0.15, 0.2) is 5.82 Å². The van der Waals surface area contributed by atoms with Crippen molar-refractivity contribution in [3.05, 3.63) is 40.7 Å². The van der Waals surface area contributed by atoms with Crippen molar-refractivity contribution in [3.63, 3.8) is 0 Å². The van der Waals surface area contributed by atoms with Gasteiger partial charge in [-0.3, -0.25) is 10.1 Å². The molecule has 7 heteroatoms. The Hall–Kier alpha value is -2.28. The van der Waals surface area contributed by atoms with Gasteiger partial charge in [-0.25, -0.2) is 9.67 Å². The number of non-ortho nitro benzene ring substituents is 1. The Morgan fingerprint density at radius 3 is 2.67 bits per heavy atom. The zero-order valence-corrected chi connectivity index (χ0v) is 9.72. The molecule has 0 aliphatic rings. The summed E-state index contributed by atoms with van der Waals surface area (Å²) in [5.41, 5.74) is 0.729. The molecule has 0 amide bonds. The first-order valence-electron chi connectivity index (χ1n) is 5.38. The zero-order chi connectivity index (χ0) is 13.1. The van der Waals surface area contributed by atoms with E-state index in [-0.39, 0.29) is 5.69 Å². The third-order valence-electron chi connectivity index (χ3n) is 2.32. The highest BCUT2D eigenvalue weighted by Gasteiger charge is 2.08. The Labute approximate surface area is 103 Å². The second kappa shape index (κ2) is 4.92. The molecule has 1 atom stereocenters. The molecule has 1 aromatic heterocycles. The molecule has 1 aromatic carbocycles. The Morgan fingerprint density at radius 1 is 1.44 bits per heavy atom.